The standard InChI is InChI=1S/C5H14N2O4S/c1-2-5(3-8,4-9)7-12(6,10)11/h7-9H,2-4H2,1H3,(H2,6,10,11). The quantitative estimate of drug-likeness (QED) is 0.406. The van der Waals surface area contributed by atoms with Gasteiger partial charge in [-0.05, 0) is 6.42 Å². The average molecular weight is 198 g/mol. The molecule has 0 aromatic carbocycles. The van der Waals surface area contributed by atoms with Crippen LogP contribution in [0.1, 0.15) is 13.3 Å². The van der Waals surface area contributed by atoms with Gasteiger partial charge in [-0.15, -0.1) is 0 Å². The highest BCUT2D eigenvalue weighted by Gasteiger charge is 2.30. The summed E-state index contributed by atoms with van der Waals surface area (Å²) in [7, 11) is -3.89. The molecule has 0 aromatic heterocycles. The highest BCUT2D eigenvalue weighted by molar-refractivity contribution is 7.87. The van der Waals surface area contributed by atoms with E-state index in [1.807, 2.05) is 4.72 Å². The lowest BCUT2D eigenvalue weighted by molar-refractivity contribution is 0.105. The minimum atomic E-state index is -3.89. The number of rotatable bonds is 5. The normalized spacial score (nSPS) is 13.3. The van der Waals surface area contributed by atoms with Crippen molar-refractivity contribution in [1.82, 2.24) is 4.72 Å². The van der Waals surface area contributed by atoms with Crippen molar-refractivity contribution in [1.29, 1.82) is 0 Å². The molecule has 0 rings (SSSR count). The Morgan fingerprint density at radius 1 is 1.42 bits per heavy atom. The fourth-order valence-corrected chi connectivity index (χ4v) is 1.59. The third-order valence-electron chi connectivity index (χ3n) is 1.64. The van der Waals surface area contributed by atoms with Crippen molar-refractivity contribution in [2.45, 2.75) is 18.9 Å². The predicted molar refractivity (Wildman–Crippen MR) is 43.4 cm³/mol. The maximum atomic E-state index is 10.6. The highest BCUT2D eigenvalue weighted by atomic mass is 32.2. The molecule has 0 unspecified atom stereocenters. The summed E-state index contributed by atoms with van der Waals surface area (Å²) >= 11 is 0. The van der Waals surface area contributed by atoms with Gasteiger partial charge in [0.25, 0.3) is 10.2 Å². The smallest absolute Gasteiger partial charge is 0.275 e. The summed E-state index contributed by atoms with van der Waals surface area (Å²) < 4.78 is 23.1. The van der Waals surface area contributed by atoms with E-state index < -0.39 is 29.0 Å². The van der Waals surface area contributed by atoms with E-state index in [-0.39, 0.29) is 6.42 Å². The van der Waals surface area contributed by atoms with Crippen LogP contribution in [0.2, 0.25) is 0 Å². The number of aliphatic hydroxyl groups is 2. The van der Waals surface area contributed by atoms with E-state index in [2.05, 4.69) is 5.14 Å². The molecule has 0 aromatic rings. The largest absolute Gasteiger partial charge is 0.394 e. The second kappa shape index (κ2) is 4.15. The lowest BCUT2D eigenvalue weighted by Gasteiger charge is -2.27. The maximum Gasteiger partial charge on any atom is 0.275 e. The maximum absolute atomic E-state index is 10.6. The van der Waals surface area contributed by atoms with Gasteiger partial charge in [-0.3, -0.25) is 0 Å². The Morgan fingerprint density at radius 3 is 1.92 bits per heavy atom. The van der Waals surface area contributed by atoms with Crippen LogP contribution in [0.15, 0.2) is 0 Å². The molecule has 0 radical (unpaired) electrons. The molecule has 0 fully saturated rings. The summed E-state index contributed by atoms with van der Waals surface area (Å²) in [4.78, 5) is 0. The van der Waals surface area contributed by atoms with Crippen LogP contribution in [0.3, 0.4) is 0 Å². The Balaban J connectivity index is 4.52. The van der Waals surface area contributed by atoms with E-state index in [0.29, 0.717) is 0 Å². The molecule has 0 amide bonds. The van der Waals surface area contributed by atoms with Gasteiger partial charge in [0.1, 0.15) is 0 Å². The van der Waals surface area contributed by atoms with Crippen LogP contribution in [0.5, 0.6) is 0 Å². The Hall–Kier alpha value is -0.210. The van der Waals surface area contributed by atoms with Gasteiger partial charge >= 0.3 is 0 Å². The molecule has 0 saturated heterocycles. The zero-order valence-corrected chi connectivity index (χ0v) is 7.63. The molecule has 0 bridgehead atoms. The number of hydrogen-bond acceptors (Lipinski definition) is 4. The van der Waals surface area contributed by atoms with Gasteiger partial charge in [0.2, 0.25) is 0 Å². The van der Waals surface area contributed by atoms with Crippen LogP contribution in [0.25, 0.3) is 0 Å². The van der Waals surface area contributed by atoms with Crippen molar-refractivity contribution in [3.63, 3.8) is 0 Å². The summed E-state index contributed by atoms with van der Waals surface area (Å²) in [5.41, 5.74) is -1.24. The monoisotopic (exact) mass is 198 g/mol. The molecule has 0 saturated carbocycles. The number of nitrogens with two attached hydrogens (primary N) is 1. The third kappa shape index (κ3) is 3.46. The predicted octanol–water partition coefficient (Wildman–Crippen LogP) is -2.09. The summed E-state index contributed by atoms with van der Waals surface area (Å²) in [6.45, 7) is 0.650. The molecule has 7 heteroatoms. The molecule has 0 spiro atoms. The summed E-state index contributed by atoms with van der Waals surface area (Å²) in [5.74, 6) is 0. The molecule has 6 nitrogen and oxygen atoms in total. The van der Waals surface area contributed by atoms with E-state index in [0.717, 1.165) is 0 Å². The minimum absolute atomic E-state index is 0.260. The number of nitrogens with one attached hydrogen (secondary N) is 1. The Bertz CT molecular complexity index is 213. The van der Waals surface area contributed by atoms with Gasteiger partial charge < -0.3 is 10.2 Å². The van der Waals surface area contributed by atoms with Crippen molar-refractivity contribution in [2.24, 2.45) is 5.14 Å². The topological polar surface area (TPSA) is 113 Å². The van der Waals surface area contributed by atoms with E-state index in [1.54, 1.807) is 6.92 Å². The Labute approximate surface area is 71.6 Å². The molecule has 0 atom stereocenters. The zero-order valence-electron chi connectivity index (χ0n) is 6.82. The van der Waals surface area contributed by atoms with Crippen LogP contribution < -0.4 is 9.86 Å². The van der Waals surface area contributed by atoms with Gasteiger partial charge in [-0.25, -0.2) is 5.14 Å². The molecule has 12 heavy (non-hydrogen) atoms. The summed E-state index contributed by atoms with van der Waals surface area (Å²) in [5, 5.41) is 22.3. The van der Waals surface area contributed by atoms with E-state index in [4.69, 9.17) is 10.2 Å². The fraction of sp³-hybridized carbons (Fsp3) is 1.00. The zero-order chi connectivity index (χ0) is 9.83. The highest BCUT2D eigenvalue weighted by Crippen LogP contribution is 2.08. The third-order valence-corrected chi connectivity index (χ3v) is 2.36. The first-order valence-electron chi connectivity index (χ1n) is 3.42. The summed E-state index contributed by atoms with van der Waals surface area (Å²) in [6, 6.07) is 0. The molecule has 0 aliphatic rings. The van der Waals surface area contributed by atoms with Crippen LogP contribution in [0, 0.1) is 0 Å². The van der Waals surface area contributed by atoms with E-state index in [9.17, 15) is 8.42 Å². The number of aliphatic hydroxyl groups excluding tert-OH is 2. The lowest BCUT2D eigenvalue weighted by Crippen LogP contribution is -2.55. The molecule has 5 N–H and O–H groups in total. The SMILES string of the molecule is CCC(CO)(CO)NS(N)(=O)=O. The first kappa shape index (κ1) is 11.8. The first-order valence-corrected chi connectivity index (χ1v) is 4.97. The van der Waals surface area contributed by atoms with Crippen LogP contribution in [0.4, 0.5) is 0 Å². The molecule has 0 heterocycles. The molecule has 74 valence electrons. The molecule has 0 aliphatic carbocycles. The van der Waals surface area contributed by atoms with Crippen molar-refractivity contribution < 1.29 is 18.6 Å². The van der Waals surface area contributed by atoms with Crippen LogP contribution >= 0.6 is 0 Å². The van der Waals surface area contributed by atoms with Crippen molar-refractivity contribution in [3.8, 4) is 0 Å². The Kier molecular flexibility index (Phi) is 4.08. The first-order chi connectivity index (χ1) is 5.39. The second-order valence-corrected chi connectivity index (χ2v) is 3.89. The number of hydrogen-bond donors (Lipinski definition) is 4. The molecular formula is C5H14N2O4S. The Morgan fingerprint density at radius 2 is 1.83 bits per heavy atom. The van der Waals surface area contributed by atoms with Gasteiger partial charge in [0.05, 0.1) is 18.8 Å². The molecular weight excluding hydrogens is 184 g/mol. The minimum Gasteiger partial charge on any atom is -0.394 e. The summed E-state index contributed by atoms with van der Waals surface area (Å²) in [6.07, 6.45) is 0.260. The van der Waals surface area contributed by atoms with E-state index >= 15 is 0 Å². The van der Waals surface area contributed by atoms with E-state index in [1.165, 1.54) is 0 Å². The van der Waals surface area contributed by atoms with Crippen LogP contribution in [-0.2, 0) is 10.2 Å². The lowest BCUT2D eigenvalue weighted by atomic mass is 10.0. The average Bonchev–Trinajstić information content (AvgIpc) is 1.99. The van der Waals surface area contributed by atoms with Gasteiger partial charge in [0.15, 0.2) is 0 Å². The van der Waals surface area contributed by atoms with Crippen molar-refractivity contribution in [3.05, 3.63) is 0 Å². The molecule has 0 aliphatic heterocycles. The van der Waals surface area contributed by atoms with Crippen molar-refractivity contribution >= 4 is 10.2 Å². The van der Waals surface area contributed by atoms with Gasteiger partial charge in [-0.2, -0.15) is 13.1 Å². The van der Waals surface area contributed by atoms with Gasteiger partial charge in [-0.1, -0.05) is 6.92 Å². The second-order valence-electron chi connectivity index (χ2n) is 2.60. The van der Waals surface area contributed by atoms with Crippen molar-refractivity contribution in [2.75, 3.05) is 13.2 Å². The fourth-order valence-electron chi connectivity index (χ4n) is 0.712. The van der Waals surface area contributed by atoms with Gasteiger partial charge in [0, 0.05) is 0 Å². The van der Waals surface area contributed by atoms with Crippen LogP contribution in [-0.4, -0.2) is 37.4 Å².